The molecule has 3 rings (SSSR count). The molecule has 1 saturated heterocycles. The van der Waals surface area contributed by atoms with E-state index in [1.165, 1.54) is 12.8 Å². The summed E-state index contributed by atoms with van der Waals surface area (Å²) < 4.78 is 0. The third-order valence-electron chi connectivity index (χ3n) is 4.13. The molecule has 2 aromatic rings. The lowest BCUT2D eigenvalue weighted by molar-refractivity contribution is 0.0934. The molecule has 1 N–H and O–H groups in total. The van der Waals surface area contributed by atoms with E-state index in [0.717, 1.165) is 24.5 Å². The quantitative estimate of drug-likeness (QED) is 0.943. The standard InChI is InChI=1S/C18H22N4O/c1-13(15-8-4-3-5-9-15)19-18(23)16-12-17(21-14(2)20-16)22-10-6-7-11-22/h3-5,8-9,12-13H,6-7,10-11H2,1-2H3,(H,19,23). The van der Waals surface area contributed by atoms with E-state index in [-0.39, 0.29) is 11.9 Å². The number of carbonyl (C=O) groups excluding carboxylic acids is 1. The minimum Gasteiger partial charge on any atom is -0.356 e. The molecule has 0 aliphatic carbocycles. The molecule has 1 aliphatic heterocycles. The molecule has 5 nitrogen and oxygen atoms in total. The number of hydrogen-bond acceptors (Lipinski definition) is 4. The highest BCUT2D eigenvalue weighted by Gasteiger charge is 2.18. The maximum absolute atomic E-state index is 12.5. The summed E-state index contributed by atoms with van der Waals surface area (Å²) in [7, 11) is 0. The molecular weight excluding hydrogens is 288 g/mol. The second kappa shape index (κ2) is 6.77. The van der Waals surface area contributed by atoms with Crippen LogP contribution in [0.5, 0.6) is 0 Å². The first-order chi connectivity index (χ1) is 11.1. The maximum atomic E-state index is 12.5. The van der Waals surface area contributed by atoms with Gasteiger partial charge in [0.1, 0.15) is 17.3 Å². The van der Waals surface area contributed by atoms with Gasteiger partial charge in [0.2, 0.25) is 0 Å². The van der Waals surface area contributed by atoms with Gasteiger partial charge in [0.15, 0.2) is 0 Å². The van der Waals surface area contributed by atoms with Crippen molar-refractivity contribution in [3.05, 3.63) is 53.5 Å². The van der Waals surface area contributed by atoms with E-state index in [9.17, 15) is 4.79 Å². The van der Waals surface area contributed by atoms with Crippen molar-refractivity contribution >= 4 is 11.7 Å². The van der Waals surface area contributed by atoms with Crippen molar-refractivity contribution in [1.82, 2.24) is 15.3 Å². The Labute approximate surface area is 136 Å². The minimum atomic E-state index is -0.160. The lowest BCUT2D eigenvalue weighted by Gasteiger charge is -2.18. The molecule has 0 spiro atoms. The number of rotatable bonds is 4. The van der Waals surface area contributed by atoms with Crippen LogP contribution in [0.1, 0.15) is 47.7 Å². The van der Waals surface area contributed by atoms with E-state index in [0.29, 0.717) is 11.5 Å². The highest BCUT2D eigenvalue weighted by atomic mass is 16.1. The van der Waals surface area contributed by atoms with Crippen LogP contribution < -0.4 is 10.2 Å². The lowest BCUT2D eigenvalue weighted by atomic mass is 10.1. The van der Waals surface area contributed by atoms with Crippen molar-refractivity contribution in [2.24, 2.45) is 0 Å². The molecule has 1 atom stereocenters. The Morgan fingerprint density at radius 1 is 1.17 bits per heavy atom. The lowest BCUT2D eigenvalue weighted by Crippen LogP contribution is -2.28. The van der Waals surface area contributed by atoms with Gasteiger partial charge < -0.3 is 10.2 Å². The third-order valence-corrected chi connectivity index (χ3v) is 4.13. The van der Waals surface area contributed by atoms with Crippen LogP contribution in [-0.2, 0) is 0 Å². The molecule has 1 aromatic carbocycles. The molecule has 1 aromatic heterocycles. The van der Waals surface area contributed by atoms with Gasteiger partial charge in [-0.1, -0.05) is 30.3 Å². The zero-order chi connectivity index (χ0) is 16.2. The first kappa shape index (κ1) is 15.5. The highest BCUT2D eigenvalue weighted by Crippen LogP contribution is 2.19. The summed E-state index contributed by atoms with van der Waals surface area (Å²) >= 11 is 0. The third kappa shape index (κ3) is 3.67. The first-order valence-electron chi connectivity index (χ1n) is 8.10. The zero-order valence-corrected chi connectivity index (χ0v) is 13.6. The topological polar surface area (TPSA) is 58.1 Å². The van der Waals surface area contributed by atoms with E-state index >= 15 is 0 Å². The summed E-state index contributed by atoms with van der Waals surface area (Å²) in [6.07, 6.45) is 2.35. The Morgan fingerprint density at radius 3 is 2.57 bits per heavy atom. The van der Waals surface area contributed by atoms with Crippen molar-refractivity contribution in [1.29, 1.82) is 0 Å². The summed E-state index contributed by atoms with van der Waals surface area (Å²) in [5, 5.41) is 3.01. The van der Waals surface area contributed by atoms with E-state index in [2.05, 4.69) is 20.2 Å². The van der Waals surface area contributed by atoms with Crippen LogP contribution in [0.25, 0.3) is 0 Å². The molecule has 120 valence electrons. The molecule has 1 amide bonds. The fourth-order valence-corrected chi connectivity index (χ4v) is 2.87. The SMILES string of the molecule is Cc1nc(C(=O)NC(C)c2ccccc2)cc(N2CCCC2)n1. The number of nitrogens with one attached hydrogen (secondary N) is 1. The number of benzene rings is 1. The van der Waals surface area contributed by atoms with E-state index in [1.807, 2.05) is 44.2 Å². The summed E-state index contributed by atoms with van der Waals surface area (Å²) in [6, 6.07) is 11.7. The average molecular weight is 310 g/mol. The van der Waals surface area contributed by atoms with Crippen molar-refractivity contribution in [2.45, 2.75) is 32.7 Å². The van der Waals surface area contributed by atoms with Crippen molar-refractivity contribution in [3.63, 3.8) is 0 Å². The van der Waals surface area contributed by atoms with Crippen molar-refractivity contribution in [2.75, 3.05) is 18.0 Å². The second-order valence-electron chi connectivity index (χ2n) is 5.96. The summed E-state index contributed by atoms with van der Waals surface area (Å²) in [5.41, 5.74) is 1.51. The molecule has 2 heterocycles. The average Bonchev–Trinajstić information content (AvgIpc) is 3.09. The van der Waals surface area contributed by atoms with Crippen LogP contribution in [0.3, 0.4) is 0 Å². The number of carbonyl (C=O) groups is 1. The van der Waals surface area contributed by atoms with Gasteiger partial charge in [0.05, 0.1) is 6.04 Å². The highest BCUT2D eigenvalue weighted by molar-refractivity contribution is 5.93. The number of amides is 1. The van der Waals surface area contributed by atoms with Crippen LogP contribution in [0.15, 0.2) is 36.4 Å². The van der Waals surface area contributed by atoms with Crippen LogP contribution in [0, 0.1) is 6.92 Å². The monoisotopic (exact) mass is 310 g/mol. The molecule has 1 fully saturated rings. The normalized spacial score (nSPS) is 15.5. The van der Waals surface area contributed by atoms with E-state index in [4.69, 9.17) is 0 Å². The fourth-order valence-electron chi connectivity index (χ4n) is 2.87. The van der Waals surface area contributed by atoms with Gasteiger partial charge in [-0.25, -0.2) is 9.97 Å². The van der Waals surface area contributed by atoms with Gasteiger partial charge in [-0.2, -0.15) is 0 Å². The molecule has 0 saturated carbocycles. The van der Waals surface area contributed by atoms with Crippen LogP contribution in [0.4, 0.5) is 5.82 Å². The van der Waals surface area contributed by atoms with Gasteiger partial charge >= 0.3 is 0 Å². The van der Waals surface area contributed by atoms with Gasteiger partial charge in [-0.05, 0) is 32.3 Å². The summed E-state index contributed by atoms with van der Waals surface area (Å²) in [4.78, 5) is 23.5. The summed E-state index contributed by atoms with van der Waals surface area (Å²) in [6.45, 7) is 5.80. The van der Waals surface area contributed by atoms with Crippen LogP contribution in [-0.4, -0.2) is 29.0 Å². The predicted octanol–water partition coefficient (Wildman–Crippen LogP) is 2.88. The zero-order valence-electron chi connectivity index (χ0n) is 13.6. The Hall–Kier alpha value is -2.43. The summed E-state index contributed by atoms with van der Waals surface area (Å²) in [5.74, 6) is 1.33. The molecule has 5 heteroatoms. The molecule has 1 unspecified atom stereocenters. The predicted molar refractivity (Wildman–Crippen MR) is 90.5 cm³/mol. The Morgan fingerprint density at radius 2 is 1.87 bits per heavy atom. The Balaban J connectivity index is 1.76. The molecule has 0 radical (unpaired) electrons. The first-order valence-corrected chi connectivity index (χ1v) is 8.10. The van der Waals surface area contributed by atoms with Crippen LogP contribution >= 0.6 is 0 Å². The fraction of sp³-hybridized carbons (Fsp3) is 0.389. The van der Waals surface area contributed by atoms with Gasteiger partial charge in [-0.15, -0.1) is 0 Å². The number of aromatic nitrogens is 2. The largest absolute Gasteiger partial charge is 0.356 e. The molecule has 1 aliphatic rings. The number of anilines is 1. The number of aryl methyl sites for hydroxylation is 1. The number of nitrogens with zero attached hydrogens (tertiary/aromatic N) is 3. The van der Waals surface area contributed by atoms with Gasteiger partial charge in [0.25, 0.3) is 5.91 Å². The van der Waals surface area contributed by atoms with Crippen molar-refractivity contribution < 1.29 is 4.79 Å². The van der Waals surface area contributed by atoms with E-state index in [1.54, 1.807) is 6.07 Å². The van der Waals surface area contributed by atoms with Crippen LogP contribution in [0.2, 0.25) is 0 Å². The molecular formula is C18H22N4O. The smallest absolute Gasteiger partial charge is 0.270 e. The Bertz CT molecular complexity index is 681. The van der Waals surface area contributed by atoms with Crippen molar-refractivity contribution in [3.8, 4) is 0 Å². The molecule has 23 heavy (non-hydrogen) atoms. The minimum absolute atomic E-state index is 0.0609. The van der Waals surface area contributed by atoms with E-state index < -0.39 is 0 Å². The van der Waals surface area contributed by atoms with Gasteiger partial charge in [-0.3, -0.25) is 4.79 Å². The maximum Gasteiger partial charge on any atom is 0.270 e. The molecule has 0 bridgehead atoms. The Kier molecular flexibility index (Phi) is 4.55. The second-order valence-corrected chi connectivity index (χ2v) is 5.96. The number of hydrogen-bond donors (Lipinski definition) is 1. The van der Waals surface area contributed by atoms with Gasteiger partial charge in [0, 0.05) is 19.2 Å².